The molecule has 0 bridgehead atoms. The summed E-state index contributed by atoms with van der Waals surface area (Å²) in [6.07, 6.45) is 0.393. The SMILES string of the molecule is COCCOc1cc(F)ccc1-c1nnc(-c2ccc3c(c2)CNC(=O)C3)c2ccsc12. The standard InChI is InChI=1S/C24H20FN3O3S/c1-30-7-8-31-20-12-17(25)4-5-18(20)23-24-19(6-9-32-24)22(27-28-23)15-3-2-14-11-21(29)26-13-16(14)10-15/h2-6,9-10,12H,7-8,11,13H2,1H3,(H,26,29). The van der Waals surface area contributed by atoms with Crippen LogP contribution in [0.4, 0.5) is 4.39 Å². The van der Waals surface area contributed by atoms with E-state index < -0.39 is 0 Å². The van der Waals surface area contributed by atoms with Crippen LogP contribution >= 0.6 is 11.3 Å². The minimum Gasteiger partial charge on any atom is -0.490 e. The number of rotatable bonds is 6. The van der Waals surface area contributed by atoms with Gasteiger partial charge in [0, 0.05) is 36.2 Å². The first-order valence-corrected chi connectivity index (χ1v) is 11.1. The number of nitrogens with one attached hydrogen (secondary N) is 1. The first kappa shape index (κ1) is 20.5. The summed E-state index contributed by atoms with van der Waals surface area (Å²) in [5.41, 5.74) is 5.17. The normalized spacial score (nSPS) is 13.1. The second-order valence-electron chi connectivity index (χ2n) is 7.48. The lowest BCUT2D eigenvalue weighted by atomic mass is 9.96. The van der Waals surface area contributed by atoms with Gasteiger partial charge in [-0.25, -0.2) is 4.39 Å². The highest BCUT2D eigenvalue weighted by Crippen LogP contribution is 2.39. The first-order valence-electron chi connectivity index (χ1n) is 10.2. The number of amides is 1. The Morgan fingerprint density at radius 3 is 2.81 bits per heavy atom. The van der Waals surface area contributed by atoms with Gasteiger partial charge in [-0.2, -0.15) is 0 Å². The van der Waals surface area contributed by atoms with Crippen LogP contribution in [0.1, 0.15) is 11.1 Å². The van der Waals surface area contributed by atoms with E-state index in [9.17, 15) is 9.18 Å². The van der Waals surface area contributed by atoms with Crippen LogP contribution in [0.2, 0.25) is 0 Å². The minimum atomic E-state index is -0.380. The van der Waals surface area contributed by atoms with Gasteiger partial charge in [-0.1, -0.05) is 12.1 Å². The number of carbonyl (C=O) groups is 1. The van der Waals surface area contributed by atoms with Crippen LogP contribution in [-0.4, -0.2) is 36.4 Å². The average molecular weight is 450 g/mol. The number of carbonyl (C=O) groups excluding carboxylic acids is 1. The molecule has 6 nitrogen and oxygen atoms in total. The van der Waals surface area contributed by atoms with E-state index in [1.54, 1.807) is 24.5 Å². The van der Waals surface area contributed by atoms with Gasteiger partial charge in [0.2, 0.25) is 5.91 Å². The van der Waals surface area contributed by atoms with Crippen LogP contribution in [0.3, 0.4) is 0 Å². The third-order valence-corrected chi connectivity index (χ3v) is 6.36. The van der Waals surface area contributed by atoms with Crippen molar-refractivity contribution in [1.82, 2.24) is 15.5 Å². The van der Waals surface area contributed by atoms with Gasteiger partial charge in [0.1, 0.15) is 29.6 Å². The van der Waals surface area contributed by atoms with Crippen LogP contribution in [-0.2, 0) is 22.5 Å². The highest BCUT2D eigenvalue weighted by molar-refractivity contribution is 7.17. The molecule has 0 aliphatic carbocycles. The summed E-state index contributed by atoms with van der Waals surface area (Å²) in [7, 11) is 1.59. The molecule has 5 rings (SSSR count). The van der Waals surface area contributed by atoms with Crippen LogP contribution in [0.25, 0.3) is 32.6 Å². The van der Waals surface area contributed by atoms with Crippen molar-refractivity contribution in [1.29, 1.82) is 0 Å². The number of benzene rings is 2. The fourth-order valence-corrected chi connectivity index (χ4v) is 4.75. The van der Waals surface area contributed by atoms with Crippen LogP contribution in [0, 0.1) is 5.82 Å². The van der Waals surface area contributed by atoms with E-state index in [-0.39, 0.29) is 11.7 Å². The van der Waals surface area contributed by atoms with Crippen molar-refractivity contribution in [3.8, 4) is 28.3 Å². The van der Waals surface area contributed by atoms with Crippen molar-refractivity contribution in [2.24, 2.45) is 0 Å². The van der Waals surface area contributed by atoms with E-state index in [1.165, 1.54) is 12.1 Å². The highest BCUT2D eigenvalue weighted by Gasteiger charge is 2.20. The third kappa shape index (κ3) is 3.83. The Labute approximate surface area is 188 Å². The number of halogens is 1. The molecular formula is C24H20FN3O3S. The maximum atomic E-state index is 13.9. The van der Waals surface area contributed by atoms with Crippen molar-refractivity contribution in [3.63, 3.8) is 0 Å². The lowest BCUT2D eigenvalue weighted by molar-refractivity contribution is -0.121. The molecule has 1 aliphatic rings. The number of thiophene rings is 1. The van der Waals surface area contributed by atoms with Crippen molar-refractivity contribution < 1.29 is 18.7 Å². The van der Waals surface area contributed by atoms with Gasteiger partial charge in [0.15, 0.2) is 0 Å². The van der Waals surface area contributed by atoms with E-state index in [0.29, 0.717) is 43.2 Å². The predicted octanol–water partition coefficient (Wildman–Crippen LogP) is 4.36. The number of nitrogens with zero attached hydrogens (tertiary/aromatic N) is 2. The topological polar surface area (TPSA) is 73.3 Å². The molecule has 0 unspecified atom stereocenters. The average Bonchev–Trinajstić information content (AvgIpc) is 3.29. The summed E-state index contributed by atoms with van der Waals surface area (Å²) in [6, 6.07) is 12.5. The monoisotopic (exact) mass is 449 g/mol. The molecular weight excluding hydrogens is 429 g/mol. The maximum absolute atomic E-state index is 13.9. The Morgan fingerprint density at radius 2 is 1.94 bits per heavy atom. The summed E-state index contributed by atoms with van der Waals surface area (Å²) in [4.78, 5) is 11.7. The zero-order valence-electron chi connectivity index (χ0n) is 17.4. The molecule has 0 radical (unpaired) electrons. The second-order valence-corrected chi connectivity index (χ2v) is 8.40. The molecule has 1 aliphatic heterocycles. The Morgan fingerprint density at radius 1 is 1.06 bits per heavy atom. The van der Waals surface area contributed by atoms with Gasteiger partial charge in [-0.15, -0.1) is 21.5 Å². The van der Waals surface area contributed by atoms with Gasteiger partial charge in [-0.05, 0) is 40.8 Å². The molecule has 4 aromatic rings. The summed E-state index contributed by atoms with van der Waals surface area (Å²) < 4.78 is 25.7. The molecule has 1 N–H and O–H groups in total. The molecule has 2 aromatic heterocycles. The van der Waals surface area contributed by atoms with E-state index in [1.807, 2.05) is 23.6 Å². The molecule has 0 atom stereocenters. The molecule has 162 valence electrons. The van der Waals surface area contributed by atoms with Gasteiger partial charge in [-0.3, -0.25) is 4.79 Å². The molecule has 32 heavy (non-hydrogen) atoms. The third-order valence-electron chi connectivity index (χ3n) is 5.44. The summed E-state index contributed by atoms with van der Waals surface area (Å²) >= 11 is 1.55. The lowest BCUT2D eigenvalue weighted by Crippen LogP contribution is -2.30. The fourth-order valence-electron chi connectivity index (χ4n) is 3.85. The van der Waals surface area contributed by atoms with Crippen molar-refractivity contribution in [3.05, 3.63) is 64.8 Å². The number of aromatic nitrogens is 2. The smallest absolute Gasteiger partial charge is 0.224 e. The minimum absolute atomic E-state index is 0.0393. The lowest BCUT2D eigenvalue weighted by Gasteiger charge is -2.17. The Balaban J connectivity index is 1.58. The van der Waals surface area contributed by atoms with E-state index in [0.717, 1.165) is 32.5 Å². The number of methoxy groups -OCH3 is 1. The number of hydrogen-bond acceptors (Lipinski definition) is 6. The van der Waals surface area contributed by atoms with Crippen molar-refractivity contribution >= 4 is 27.3 Å². The fraction of sp³-hybridized carbons (Fsp3) is 0.208. The van der Waals surface area contributed by atoms with Gasteiger partial charge in [0.05, 0.1) is 17.7 Å². The second kappa shape index (κ2) is 8.64. The molecule has 8 heteroatoms. The molecule has 1 amide bonds. The quantitative estimate of drug-likeness (QED) is 0.443. The molecule has 0 saturated carbocycles. The summed E-state index contributed by atoms with van der Waals surface area (Å²) in [5, 5.41) is 14.9. The predicted molar refractivity (Wildman–Crippen MR) is 121 cm³/mol. The number of fused-ring (bicyclic) bond motifs is 2. The van der Waals surface area contributed by atoms with Gasteiger partial charge in [0.25, 0.3) is 0 Å². The zero-order chi connectivity index (χ0) is 22.1. The molecule has 3 heterocycles. The number of hydrogen-bond donors (Lipinski definition) is 1. The van der Waals surface area contributed by atoms with Crippen LogP contribution in [0.5, 0.6) is 5.75 Å². The van der Waals surface area contributed by atoms with E-state index >= 15 is 0 Å². The highest BCUT2D eigenvalue weighted by atomic mass is 32.1. The first-order chi connectivity index (χ1) is 15.6. The molecule has 0 saturated heterocycles. The molecule has 0 spiro atoms. The van der Waals surface area contributed by atoms with Crippen LogP contribution in [0.15, 0.2) is 47.8 Å². The maximum Gasteiger partial charge on any atom is 0.224 e. The Kier molecular flexibility index (Phi) is 5.55. The molecule has 0 fully saturated rings. The largest absolute Gasteiger partial charge is 0.490 e. The Bertz CT molecular complexity index is 1320. The van der Waals surface area contributed by atoms with E-state index in [2.05, 4.69) is 21.6 Å². The summed E-state index contributed by atoms with van der Waals surface area (Å²) in [5.74, 6) is 0.0649. The van der Waals surface area contributed by atoms with Crippen molar-refractivity contribution in [2.45, 2.75) is 13.0 Å². The summed E-state index contributed by atoms with van der Waals surface area (Å²) in [6.45, 7) is 1.21. The van der Waals surface area contributed by atoms with Gasteiger partial charge < -0.3 is 14.8 Å². The molecule has 2 aromatic carbocycles. The number of ether oxygens (including phenoxy) is 2. The van der Waals surface area contributed by atoms with E-state index in [4.69, 9.17) is 9.47 Å². The Hall–Kier alpha value is -3.36. The van der Waals surface area contributed by atoms with Crippen LogP contribution < -0.4 is 10.1 Å². The van der Waals surface area contributed by atoms with Crippen molar-refractivity contribution in [2.75, 3.05) is 20.3 Å². The van der Waals surface area contributed by atoms with Gasteiger partial charge >= 0.3 is 0 Å². The zero-order valence-corrected chi connectivity index (χ0v) is 18.2.